The summed E-state index contributed by atoms with van der Waals surface area (Å²) in [4.78, 5) is 37.5. The average Bonchev–Trinajstić information content (AvgIpc) is 3.69. The fourth-order valence-corrected chi connectivity index (χ4v) is 11.0. The quantitative estimate of drug-likeness (QED) is 0.0576. The number of ether oxygens (including phenoxy) is 7. The molecule has 0 bridgehead atoms. The highest BCUT2D eigenvalue weighted by Crippen LogP contribution is 2.69. The van der Waals surface area contributed by atoms with Gasteiger partial charge in [-0.1, -0.05) is 55.7 Å². The van der Waals surface area contributed by atoms with Crippen LogP contribution in [0.3, 0.4) is 0 Å². The fraction of sp³-hybridized carbons (Fsp3) is 0.861. The number of unbranched alkanes of at least 4 members (excludes halogenated alkanes) is 1. The van der Waals surface area contributed by atoms with Gasteiger partial charge < -0.3 is 43.6 Å². The largest absolute Gasteiger partial charge is 0.463 e. The summed E-state index contributed by atoms with van der Waals surface area (Å²) >= 11 is 0. The highest BCUT2D eigenvalue weighted by Gasteiger charge is 2.83. The zero-order valence-electron chi connectivity index (χ0n) is 30.5. The standard InChI is InChI=1S/C36H57NO11S2/c1-7-24(50-49-6)10-8-9-11-28(38)44-21-20-43-19-18-42-17-16-37-32(40)46-30-35(41)15-13-27-26-22-45-29(39)25(26)12-14-33(27,4)34(35,5)47-31-36(30,48-31)23(2)3/h23-24,27,30-31,41H,7-22H2,1-6H3,(H,37,40)/t24?,27-,30-,31+,33-,34+,35+,36+/m0/s1. The van der Waals surface area contributed by atoms with Gasteiger partial charge >= 0.3 is 18.0 Å². The average molecular weight is 744 g/mol. The third-order valence-electron chi connectivity index (χ3n) is 12.0. The SMILES string of the molecule is CCC(CCCCC(=O)OCCOCCOCCNC(=O)O[C@@H]1[C@@]2(C(C)C)O[C@H]2O[C@]2(C)[C@@]3(C)CCC4=C(COC4=O)[C@@H]3CC[C@@]12O)SSC. The van der Waals surface area contributed by atoms with E-state index in [9.17, 15) is 19.5 Å². The Morgan fingerprint density at radius 1 is 1.06 bits per heavy atom. The van der Waals surface area contributed by atoms with E-state index in [2.05, 4.69) is 25.4 Å². The Hall–Kier alpha value is -1.55. The summed E-state index contributed by atoms with van der Waals surface area (Å²) in [5.41, 5.74) is -2.36. The molecule has 0 aromatic carbocycles. The van der Waals surface area contributed by atoms with Crippen LogP contribution in [-0.2, 0) is 42.7 Å². The van der Waals surface area contributed by atoms with Crippen molar-refractivity contribution in [2.24, 2.45) is 17.3 Å². The third-order valence-corrected chi connectivity index (χ3v) is 14.4. The Bertz CT molecular complexity index is 1270. The summed E-state index contributed by atoms with van der Waals surface area (Å²) in [7, 11) is 3.70. The number of hydrogen-bond donors (Lipinski definition) is 2. The zero-order chi connectivity index (χ0) is 36.2. The molecule has 1 unspecified atom stereocenters. The predicted octanol–water partition coefficient (Wildman–Crippen LogP) is 5.34. The lowest BCUT2D eigenvalue weighted by atomic mass is 9.46. The van der Waals surface area contributed by atoms with Crippen LogP contribution in [0.1, 0.15) is 92.4 Å². The van der Waals surface area contributed by atoms with Crippen LogP contribution in [0.4, 0.5) is 4.79 Å². The van der Waals surface area contributed by atoms with Crippen molar-refractivity contribution in [1.82, 2.24) is 5.32 Å². The van der Waals surface area contributed by atoms with Crippen LogP contribution in [0.5, 0.6) is 0 Å². The van der Waals surface area contributed by atoms with Crippen LogP contribution in [0, 0.1) is 17.3 Å². The highest BCUT2D eigenvalue weighted by atomic mass is 33.1. The monoisotopic (exact) mass is 743 g/mol. The number of rotatable bonds is 19. The van der Waals surface area contributed by atoms with Crippen molar-refractivity contribution in [2.75, 3.05) is 52.4 Å². The lowest BCUT2D eigenvalue weighted by molar-refractivity contribution is -0.326. The minimum Gasteiger partial charge on any atom is -0.463 e. The minimum absolute atomic E-state index is 0.00137. The maximum Gasteiger partial charge on any atom is 0.407 e. The molecule has 1 amide bonds. The number of nitrogens with one attached hydrogen (secondary N) is 1. The molecule has 2 aliphatic carbocycles. The van der Waals surface area contributed by atoms with E-state index in [1.807, 2.05) is 31.6 Å². The van der Waals surface area contributed by atoms with Crippen LogP contribution in [-0.4, -0.2) is 110 Å². The van der Waals surface area contributed by atoms with Gasteiger partial charge in [-0.05, 0) is 75.5 Å². The lowest BCUT2D eigenvalue weighted by Gasteiger charge is -2.65. The van der Waals surface area contributed by atoms with Crippen molar-refractivity contribution in [1.29, 1.82) is 0 Å². The number of aliphatic hydroxyl groups is 1. The van der Waals surface area contributed by atoms with Gasteiger partial charge in [0.25, 0.3) is 0 Å². The first kappa shape index (κ1) is 39.7. The van der Waals surface area contributed by atoms with Gasteiger partial charge in [-0.25, -0.2) is 9.59 Å². The van der Waals surface area contributed by atoms with Crippen LogP contribution in [0.25, 0.3) is 0 Å². The third kappa shape index (κ3) is 7.59. The van der Waals surface area contributed by atoms with E-state index in [1.54, 1.807) is 10.8 Å². The molecular formula is C36H57NO11S2. The van der Waals surface area contributed by atoms with Crippen molar-refractivity contribution in [3.63, 3.8) is 0 Å². The van der Waals surface area contributed by atoms with E-state index in [1.165, 1.54) is 0 Å². The number of fused-ring (bicyclic) bond motifs is 5. The molecule has 2 saturated heterocycles. The van der Waals surface area contributed by atoms with Gasteiger partial charge in [0.2, 0.25) is 0 Å². The second-order valence-electron chi connectivity index (χ2n) is 14.8. The Morgan fingerprint density at radius 2 is 1.80 bits per heavy atom. The number of carbonyl (C=O) groups is 3. The number of alkyl carbamates (subject to hydrolysis) is 1. The number of epoxide rings is 1. The predicted molar refractivity (Wildman–Crippen MR) is 189 cm³/mol. The molecule has 284 valence electrons. The number of carbonyl (C=O) groups excluding carboxylic acids is 3. The van der Waals surface area contributed by atoms with Crippen molar-refractivity contribution < 1.29 is 52.6 Å². The van der Waals surface area contributed by atoms with E-state index in [0.29, 0.717) is 57.2 Å². The van der Waals surface area contributed by atoms with Gasteiger partial charge in [-0.15, -0.1) is 0 Å². The van der Waals surface area contributed by atoms with E-state index in [0.717, 1.165) is 36.8 Å². The molecule has 0 aromatic rings. The van der Waals surface area contributed by atoms with Gasteiger partial charge in [0, 0.05) is 29.2 Å². The van der Waals surface area contributed by atoms with Crippen LogP contribution in [0.2, 0.25) is 0 Å². The molecule has 12 nitrogen and oxygen atoms in total. The molecule has 2 N–H and O–H groups in total. The number of esters is 2. The first-order valence-corrected chi connectivity index (χ1v) is 20.9. The van der Waals surface area contributed by atoms with Gasteiger partial charge in [-0.2, -0.15) is 0 Å². The number of hydrogen-bond acceptors (Lipinski definition) is 13. The van der Waals surface area contributed by atoms with E-state index in [4.69, 9.17) is 33.2 Å². The molecule has 5 rings (SSSR count). The van der Waals surface area contributed by atoms with Crippen molar-refractivity contribution in [3.8, 4) is 0 Å². The van der Waals surface area contributed by atoms with Gasteiger partial charge in [0.1, 0.15) is 24.4 Å². The second kappa shape index (κ2) is 16.6. The molecule has 0 radical (unpaired) electrons. The summed E-state index contributed by atoms with van der Waals surface area (Å²) in [6.07, 6.45) is 6.49. The van der Waals surface area contributed by atoms with Crippen molar-refractivity contribution in [2.45, 2.75) is 127 Å². The molecular weight excluding hydrogens is 687 g/mol. The van der Waals surface area contributed by atoms with Crippen LogP contribution < -0.4 is 5.32 Å². The highest BCUT2D eigenvalue weighted by molar-refractivity contribution is 8.76. The Labute approximate surface area is 304 Å². The second-order valence-corrected chi connectivity index (χ2v) is 17.6. The van der Waals surface area contributed by atoms with Crippen molar-refractivity contribution in [3.05, 3.63) is 11.1 Å². The van der Waals surface area contributed by atoms with Gasteiger partial charge in [-0.3, -0.25) is 4.79 Å². The molecule has 5 aliphatic rings. The summed E-state index contributed by atoms with van der Waals surface area (Å²) in [5.74, 6) is -0.526. The Morgan fingerprint density at radius 3 is 2.52 bits per heavy atom. The van der Waals surface area contributed by atoms with Crippen LogP contribution in [0.15, 0.2) is 11.1 Å². The molecule has 8 atom stereocenters. The van der Waals surface area contributed by atoms with E-state index in [-0.39, 0.29) is 50.1 Å². The Balaban J connectivity index is 1.02. The number of cyclic esters (lactones) is 1. The fourth-order valence-electron chi connectivity index (χ4n) is 8.77. The minimum atomic E-state index is -1.53. The molecule has 3 fully saturated rings. The summed E-state index contributed by atoms with van der Waals surface area (Å²) in [6.45, 7) is 12.0. The number of amides is 1. The summed E-state index contributed by atoms with van der Waals surface area (Å²) in [6, 6.07) is 0. The molecule has 1 saturated carbocycles. The topological polar surface area (TPSA) is 151 Å². The first-order chi connectivity index (χ1) is 23.9. The molecule has 3 aliphatic heterocycles. The molecule has 0 spiro atoms. The molecule has 0 aromatic heterocycles. The Kier molecular flexibility index (Phi) is 13.2. The maximum atomic E-state index is 13.2. The zero-order valence-corrected chi connectivity index (χ0v) is 32.2. The molecule has 14 heteroatoms. The van der Waals surface area contributed by atoms with E-state index >= 15 is 0 Å². The summed E-state index contributed by atoms with van der Waals surface area (Å²) < 4.78 is 40.8. The molecule has 50 heavy (non-hydrogen) atoms. The first-order valence-electron chi connectivity index (χ1n) is 18.3. The maximum absolute atomic E-state index is 13.2. The molecule has 3 heterocycles. The van der Waals surface area contributed by atoms with Gasteiger partial charge in [0.15, 0.2) is 18.0 Å². The normalized spacial score (nSPS) is 34.6. The van der Waals surface area contributed by atoms with Gasteiger partial charge in [0.05, 0.1) is 26.4 Å². The summed E-state index contributed by atoms with van der Waals surface area (Å²) in [5, 5.41) is 16.0. The van der Waals surface area contributed by atoms with Crippen molar-refractivity contribution >= 4 is 39.6 Å². The van der Waals surface area contributed by atoms with Crippen LogP contribution >= 0.6 is 21.6 Å². The smallest absolute Gasteiger partial charge is 0.407 e. The van der Waals surface area contributed by atoms with E-state index < -0.39 is 40.7 Å². The lowest BCUT2D eigenvalue weighted by Crippen LogP contribution is -2.78.